The lowest BCUT2D eigenvalue weighted by atomic mass is 10.4. The summed E-state index contributed by atoms with van der Waals surface area (Å²) in [6.07, 6.45) is 3.57. The van der Waals surface area contributed by atoms with Gasteiger partial charge in [-0.2, -0.15) is 0 Å². The first-order valence-corrected chi connectivity index (χ1v) is 7.76. The molecule has 5 nitrogen and oxygen atoms in total. The standard InChI is InChI=1S/C13H19N5S2/c1-16-11-10(12(19)17(2)13(16)20)14-9(15-11)5-8-18-6-3-4-7-18/h3-8H2,1-2H3,(H,14,15). The van der Waals surface area contributed by atoms with Crippen molar-refractivity contribution in [1.82, 2.24) is 24.0 Å². The van der Waals surface area contributed by atoms with E-state index in [0.717, 1.165) is 34.6 Å². The van der Waals surface area contributed by atoms with Gasteiger partial charge in [0, 0.05) is 27.1 Å². The van der Waals surface area contributed by atoms with Gasteiger partial charge in [0.1, 0.15) is 16.0 Å². The second kappa shape index (κ2) is 5.38. The van der Waals surface area contributed by atoms with Crippen LogP contribution >= 0.6 is 24.4 Å². The molecule has 3 heterocycles. The molecular weight excluding hydrogens is 290 g/mol. The van der Waals surface area contributed by atoms with E-state index >= 15 is 0 Å². The molecule has 1 N–H and O–H groups in total. The minimum absolute atomic E-state index is 0.695. The van der Waals surface area contributed by atoms with Gasteiger partial charge >= 0.3 is 0 Å². The van der Waals surface area contributed by atoms with Crippen LogP contribution in [0.25, 0.3) is 11.2 Å². The van der Waals surface area contributed by atoms with Crippen molar-refractivity contribution in [3.8, 4) is 0 Å². The lowest BCUT2D eigenvalue weighted by molar-refractivity contribution is 0.341. The van der Waals surface area contributed by atoms with Crippen LogP contribution in [0.15, 0.2) is 0 Å². The summed E-state index contributed by atoms with van der Waals surface area (Å²) in [7, 11) is 3.83. The highest BCUT2D eigenvalue weighted by Gasteiger charge is 2.13. The normalized spacial score (nSPS) is 16.3. The molecule has 0 aliphatic carbocycles. The van der Waals surface area contributed by atoms with Crippen molar-refractivity contribution in [2.45, 2.75) is 19.3 Å². The number of nitrogens with zero attached hydrogens (tertiary/aromatic N) is 4. The van der Waals surface area contributed by atoms with Crippen LogP contribution in [-0.4, -0.2) is 43.6 Å². The maximum Gasteiger partial charge on any atom is 0.182 e. The van der Waals surface area contributed by atoms with Crippen molar-refractivity contribution in [3.05, 3.63) is 15.2 Å². The first-order chi connectivity index (χ1) is 9.58. The van der Waals surface area contributed by atoms with Crippen LogP contribution in [0.2, 0.25) is 0 Å². The maximum absolute atomic E-state index is 5.45. The second-order valence-corrected chi connectivity index (χ2v) is 6.14. The average molecular weight is 309 g/mol. The molecular formula is C13H19N5S2. The topological polar surface area (TPSA) is 41.8 Å². The van der Waals surface area contributed by atoms with E-state index in [1.807, 2.05) is 23.2 Å². The molecule has 1 aliphatic rings. The molecule has 2 aromatic heterocycles. The van der Waals surface area contributed by atoms with Crippen molar-refractivity contribution in [3.63, 3.8) is 0 Å². The molecule has 0 radical (unpaired) electrons. The van der Waals surface area contributed by atoms with E-state index < -0.39 is 0 Å². The lowest BCUT2D eigenvalue weighted by Gasteiger charge is -2.12. The van der Waals surface area contributed by atoms with Gasteiger partial charge in [0.25, 0.3) is 0 Å². The van der Waals surface area contributed by atoms with Crippen LogP contribution in [0.5, 0.6) is 0 Å². The average Bonchev–Trinajstić information content (AvgIpc) is 3.09. The van der Waals surface area contributed by atoms with Gasteiger partial charge in [-0.1, -0.05) is 12.2 Å². The Morgan fingerprint density at radius 2 is 1.85 bits per heavy atom. The molecule has 2 aromatic rings. The Kier molecular flexibility index (Phi) is 3.74. The Hall–Kier alpha value is -1.05. The van der Waals surface area contributed by atoms with Gasteiger partial charge in [-0.3, -0.25) is 0 Å². The smallest absolute Gasteiger partial charge is 0.182 e. The molecule has 1 saturated heterocycles. The van der Waals surface area contributed by atoms with Crippen LogP contribution < -0.4 is 0 Å². The number of likely N-dealkylation sites (tertiary alicyclic amines) is 1. The van der Waals surface area contributed by atoms with Crippen molar-refractivity contribution in [2.24, 2.45) is 14.1 Å². The summed E-state index contributed by atoms with van der Waals surface area (Å²) in [5, 5.41) is 0. The number of aryl methyl sites for hydroxylation is 1. The van der Waals surface area contributed by atoms with Crippen molar-refractivity contribution in [1.29, 1.82) is 0 Å². The fraction of sp³-hybridized carbons (Fsp3) is 0.615. The van der Waals surface area contributed by atoms with Gasteiger partial charge in [-0.15, -0.1) is 0 Å². The number of hydrogen-bond donors (Lipinski definition) is 1. The quantitative estimate of drug-likeness (QED) is 0.884. The minimum atomic E-state index is 0.695. The molecule has 0 bridgehead atoms. The van der Waals surface area contributed by atoms with Crippen molar-refractivity contribution >= 4 is 35.6 Å². The highest BCUT2D eigenvalue weighted by Crippen LogP contribution is 2.15. The molecule has 3 rings (SSSR count). The minimum Gasteiger partial charge on any atom is -0.338 e. The van der Waals surface area contributed by atoms with Crippen LogP contribution in [-0.2, 0) is 20.5 Å². The first-order valence-electron chi connectivity index (χ1n) is 6.95. The SMILES string of the molecule is Cn1c(=S)c2[nH]c(CCN3CCCC3)nc2n(C)c1=S. The number of aromatic amines is 1. The summed E-state index contributed by atoms with van der Waals surface area (Å²) in [6.45, 7) is 3.49. The molecule has 0 unspecified atom stereocenters. The molecule has 0 spiro atoms. The zero-order valence-corrected chi connectivity index (χ0v) is 13.5. The molecule has 1 aliphatic heterocycles. The number of nitrogens with one attached hydrogen (secondary N) is 1. The third-order valence-corrected chi connectivity index (χ3v) is 5.03. The molecule has 108 valence electrons. The van der Waals surface area contributed by atoms with Gasteiger partial charge in [0.15, 0.2) is 10.4 Å². The predicted molar refractivity (Wildman–Crippen MR) is 85.1 cm³/mol. The van der Waals surface area contributed by atoms with E-state index in [1.165, 1.54) is 25.9 Å². The number of imidazole rings is 1. The number of H-pyrrole nitrogens is 1. The monoisotopic (exact) mass is 309 g/mol. The van der Waals surface area contributed by atoms with Gasteiger partial charge in [-0.05, 0) is 38.1 Å². The molecule has 0 saturated carbocycles. The van der Waals surface area contributed by atoms with Crippen LogP contribution in [0.1, 0.15) is 18.7 Å². The Morgan fingerprint density at radius 1 is 1.15 bits per heavy atom. The van der Waals surface area contributed by atoms with Gasteiger partial charge in [0.2, 0.25) is 0 Å². The zero-order valence-electron chi connectivity index (χ0n) is 11.8. The van der Waals surface area contributed by atoms with Gasteiger partial charge < -0.3 is 19.0 Å². The summed E-state index contributed by atoms with van der Waals surface area (Å²) >= 11 is 10.8. The largest absolute Gasteiger partial charge is 0.338 e. The molecule has 1 fully saturated rings. The van der Waals surface area contributed by atoms with E-state index in [-0.39, 0.29) is 0 Å². The van der Waals surface area contributed by atoms with E-state index in [1.54, 1.807) is 0 Å². The second-order valence-electron chi connectivity index (χ2n) is 5.39. The van der Waals surface area contributed by atoms with E-state index in [4.69, 9.17) is 24.4 Å². The van der Waals surface area contributed by atoms with Crippen molar-refractivity contribution in [2.75, 3.05) is 19.6 Å². The molecule has 0 amide bonds. The third-order valence-electron chi connectivity index (χ3n) is 4.01. The predicted octanol–water partition coefficient (Wildman–Crippen LogP) is 2.34. The molecule has 20 heavy (non-hydrogen) atoms. The highest BCUT2D eigenvalue weighted by molar-refractivity contribution is 7.72. The van der Waals surface area contributed by atoms with Crippen molar-refractivity contribution < 1.29 is 0 Å². The summed E-state index contributed by atoms with van der Waals surface area (Å²) in [5.41, 5.74) is 1.77. The summed E-state index contributed by atoms with van der Waals surface area (Å²) < 4.78 is 5.18. The zero-order chi connectivity index (χ0) is 14.3. The van der Waals surface area contributed by atoms with Crippen LogP contribution in [0.4, 0.5) is 0 Å². The third kappa shape index (κ3) is 2.34. The Balaban J connectivity index is 1.94. The summed E-state index contributed by atoms with van der Waals surface area (Å²) in [6, 6.07) is 0. The Labute approximate surface area is 128 Å². The molecule has 0 aromatic carbocycles. The Bertz CT molecular complexity index is 748. The molecule has 0 atom stereocenters. The van der Waals surface area contributed by atoms with E-state index in [0.29, 0.717) is 4.77 Å². The first kappa shape index (κ1) is 13.9. The number of hydrogen-bond acceptors (Lipinski definition) is 4. The fourth-order valence-corrected chi connectivity index (χ4v) is 3.23. The number of aromatic nitrogens is 4. The number of rotatable bonds is 3. The van der Waals surface area contributed by atoms with E-state index in [2.05, 4.69) is 14.9 Å². The lowest BCUT2D eigenvalue weighted by Crippen LogP contribution is -2.22. The van der Waals surface area contributed by atoms with Gasteiger partial charge in [-0.25, -0.2) is 4.98 Å². The summed E-state index contributed by atoms with van der Waals surface area (Å²) in [4.78, 5) is 10.5. The van der Waals surface area contributed by atoms with Crippen LogP contribution in [0, 0.1) is 9.41 Å². The van der Waals surface area contributed by atoms with E-state index in [9.17, 15) is 0 Å². The fourth-order valence-electron chi connectivity index (χ4n) is 2.76. The summed E-state index contributed by atoms with van der Waals surface area (Å²) in [5.74, 6) is 0.995. The van der Waals surface area contributed by atoms with Crippen LogP contribution in [0.3, 0.4) is 0 Å². The van der Waals surface area contributed by atoms with Gasteiger partial charge in [0.05, 0.1) is 0 Å². The Morgan fingerprint density at radius 3 is 2.55 bits per heavy atom. The molecule has 7 heteroatoms. The highest BCUT2D eigenvalue weighted by atomic mass is 32.1. The maximum atomic E-state index is 5.45. The number of fused-ring (bicyclic) bond motifs is 1.